The molecule has 0 saturated carbocycles. The van der Waals surface area contributed by atoms with Gasteiger partial charge in [0.05, 0.1) is 12.5 Å². The Kier molecular flexibility index (Phi) is 3.48. The highest BCUT2D eigenvalue weighted by Crippen LogP contribution is 2.25. The van der Waals surface area contributed by atoms with Crippen LogP contribution in [0.15, 0.2) is 0 Å². The van der Waals surface area contributed by atoms with Crippen molar-refractivity contribution in [3.05, 3.63) is 0 Å². The van der Waals surface area contributed by atoms with Gasteiger partial charge in [-0.15, -0.1) is 0 Å². The highest BCUT2D eigenvalue weighted by Gasteiger charge is 2.48. The molecule has 1 aliphatic heterocycles. The van der Waals surface area contributed by atoms with Crippen LogP contribution in [-0.2, 0) is 14.3 Å². The van der Waals surface area contributed by atoms with E-state index in [-0.39, 0.29) is 0 Å². The normalized spacial score (nSPS) is 39.1. The number of ether oxygens (including phenoxy) is 1. The highest BCUT2D eigenvalue weighted by molar-refractivity contribution is 5.75. The van der Waals surface area contributed by atoms with Crippen LogP contribution in [-0.4, -0.2) is 56.5 Å². The second-order valence-electron chi connectivity index (χ2n) is 3.60. The molecule has 1 fully saturated rings. The van der Waals surface area contributed by atoms with E-state index in [1.165, 1.54) is 0 Å². The third kappa shape index (κ3) is 2.67. The van der Waals surface area contributed by atoms with Gasteiger partial charge in [-0.2, -0.15) is 0 Å². The lowest BCUT2D eigenvalue weighted by Crippen LogP contribution is -2.63. The van der Waals surface area contributed by atoms with Crippen molar-refractivity contribution in [1.29, 1.82) is 0 Å². The molecular formula is C8H13NO7. The first-order valence-corrected chi connectivity index (χ1v) is 4.53. The Morgan fingerprint density at radius 2 is 2.00 bits per heavy atom. The molecule has 92 valence electrons. The van der Waals surface area contributed by atoms with Gasteiger partial charge in [-0.05, 0) is 0 Å². The van der Waals surface area contributed by atoms with Crippen LogP contribution >= 0.6 is 0 Å². The summed E-state index contributed by atoms with van der Waals surface area (Å²) in [5.41, 5.74) is 0. The Morgan fingerprint density at radius 1 is 1.44 bits per heavy atom. The second-order valence-corrected chi connectivity index (χ2v) is 3.60. The van der Waals surface area contributed by atoms with Gasteiger partial charge in [-0.1, -0.05) is 0 Å². The summed E-state index contributed by atoms with van der Waals surface area (Å²) < 4.78 is 4.64. The predicted octanol–water partition coefficient (Wildman–Crippen LogP) is -2.64. The zero-order chi connectivity index (χ0) is 12.5. The van der Waals surface area contributed by atoms with Gasteiger partial charge in [-0.3, -0.25) is 4.79 Å². The molecule has 5 N–H and O–H groups in total. The molecule has 8 nitrogen and oxygen atoms in total. The fourth-order valence-electron chi connectivity index (χ4n) is 1.49. The van der Waals surface area contributed by atoms with E-state index >= 15 is 0 Å². The molecule has 1 saturated heterocycles. The highest BCUT2D eigenvalue weighted by atomic mass is 16.7. The standard InChI is InChI=1S/C8H13NO7/c1-3(10)9-8(15)2-4(11)5(12)6(16-8)7(13)14/h4-6,11-12,15H,2H2,1H3,(H,9,10)(H,13,14)/t4-,5-,6+,8-/m1/s1. The maximum Gasteiger partial charge on any atom is 0.335 e. The summed E-state index contributed by atoms with van der Waals surface area (Å²) in [6.45, 7) is 1.09. The lowest BCUT2D eigenvalue weighted by molar-refractivity contribution is -0.307. The molecule has 4 atom stereocenters. The Morgan fingerprint density at radius 3 is 2.44 bits per heavy atom. The van der Waals surface area contributed by atoms with Crippen LogP contribution in [0.25, 0.3) is 0 Å². The summed E-state index contributed by atoms with van der Waals surface area (Å²) in [5, 5.41) is 38.9. The summed E-state index contributed by atoms with van der Waals surface area (Å²) in [7, 11) is 0. The smallest absolute Gasteiger partial charge is 0.335 e. The SMILES string of the molecule is CC(=O)N[C@@]1(O)C[C@@H](O)[C@@H](O)[C@@H](C(=O)O)O1. The molecule has 16 heavy (non-hydrogen) atoms. The Hall–Kier alpha value is -1.22. The van der Waals surface area contributed by atoms with Crippen molar-refractivity contribution in [3.8, 4) is 0 Å². The Balaban J connectivity index is 2.84. The molecule has 1 heterocycles. The van der Waals surface area contributed by atoms with Crippen LogP contribution in [0.5, 0.6) is 0 Å². The average Bonchev–Trinajstić information content (AvgIpc) is 2.09. The molecule has 1 rings (SSSR count). The van der Waals surface area contributed by atoms with E-state index in [4.69, 9.17) is 5.11 Å². The van der Waals surface area contributed by atoms with E-state index in [9.17, 15) is 24.9 Å². The van der Waals surface area contributed by atoms with Crippen molar-refractivity contribution >= 4 is 11.9 Å². The molecular weight excluding hydrogens is 222 g/mol. The maximum absolute atomic E-state index is 10.7. The Labute approximate surface area is 90.5 Å². The van der Waals surface area contributed by atoms with Crippen molar-refractivity contribution in [3.63, 3.8) is 0 Å². The number of aliphatic hydroxyl groups excluding tert-OH is 2. The summed E-state index contributed by atoms with van der Waals surface area (Å²) in [4.78, 5) is 21.4. The van der Waals surface area contributed by atoms with Gasteiger partial charge in [-0.25, -0.2) is 4.79 Å². The van der Waals surface area contributed by atoms with Crippen LogP contribution in [0.3, 0.4) is 0 Å². The predicted molar refractivity (Wildman–Crippen MR) is 47.9 cm³/mol. The molecule has 1 aliphatic rings. The van der Waals surface area contributed by atoms with Crippen LogP contribution in [0.4, 0.5) is 0 Å². The fourth-order valence-corrected chi connectivity index (χ4v) is 1.49. The molecule has 0 aromatic carbocycles. The number of carboxylic acids is 1. The van der Waals surface area contributed by atoms with E-state index in [0.29, 0.717) is 0 Å². The number of nitrogens with one attached hydrogen (secondary N) is 1. The van der Waals surface area contributed by atoms with Crippen LogP contribution in [0.1, 0.15) is 13.3 Å². The van der Waals surface area contributed by atoms with Gasteiger partial charge < -0.3 is 30.5 Å². The van der Waals surface area contributed by atoms with Crippen molar-refractivity contribution in [1.82, 2.24) is 5.32 Å². The van der Waals surface area contributed by atoms with E-state index in [2.05, 4.69) is 4.74 Å². The topological polar surface area (TPSA) is 136 Å². The molecule has 0 bridgehead atoms. The number of hydrogen-bond donors (Lipinski definition) is 5. The van der Waals surface area contributed by atoms with E-state index in [0.717, 1.165) is 6.92 Å². The first kappa shape index (κ1) is 12.8. The van der Waals surface area contributed by atoms with Gasteiger partial charge in [0.2, 0.25) is 5.91 Å². The minimum atomic E-state index is -2.28. The lowest BCUT2D eigenvalue weighted by Gasteiger charge is -2.40. The summed E-state index contributed by atoms with van der Waals surface area (Å²) >= 11 is 0. The van der Waals surface area contributed by atoms with Crippen molar-refractivity contribution in [2.75, 3.05) is 0 Å². The minimum Gasteiger partial charge on any atom is -0.479 e. The molecule has 0 spiro atoms. The molecule has 0 aromatic rings. The quantitative estimate of drug-likeness (QED) is 0.330. The number of rotatable bonds is 2. The van der Waals surface area contributed by atoms with Crippen LogP contribution in [0.2, 0.25) is 0 Å². The number of carboxylic acid groups (broad SMARTS) is 1. The fraction of sp³-hybridized carbons (Fsp3) is 0.750. The molecule has 0 radical (unpaired) electrons. The van der Waals surface area contributed by atoms with E-state index in [1.807, 2.05) is 5.32 Å². The molecule has 1 amide bonds. The number of aliphatic hydroxyl groups is 3. The molecule has 0 aromatic heterocycles. The minimum absolute atomic E-state index is 0.516. The first-order chi connectivity index (χ1) is 7.25. The molecule has 0 unspecified atom stereocenters. The largest absolute Gasteiger partial charge is 0.479 e. The maximum atomic E-state index is 10.7. The second kappa shape index (κ2) is 4.34. The third-order valence-corrected chi connectivity index (χ3v) is 2.13. The average molecular weight is 235 g/mol. The zero-order valence-corrected chi connectivity index (χ0v) is 8.45. The monoisotopic (exact) mass is 235 g/mol. The third-order valence-electron chi connectivity index (χ3n) is 2.13. The molecule has 0 aliphatic carbocycles. The first-order valence-electron chi connectivity index (χ1n) is 4.53. The number of amides is 1. The molecule has 8 heteroatoms. The van der Waals surface area contributed by atoms with Crippen LogP contribution < -0.4 is 5.32 Å². The van der Waals surface area contributed by atoms with Gasteiger partial charge in [0.1, 0.15) is 6.10 Å². The summed E-state index contributed by atoms with van der Waals surface area (Å²) in [5.74, 6) is -4.49. The van der Waals surface area contributed by atoms with Crippen molar-refractivity contribution in [2.45, 2.75) is 37.6 Å². The van der Waals surface area contributed by atoms with Crippen LogP contribution in [0, 0.1) is 0 Å². The summed E-state index contributed by atoms with van der Waals surface area (Å²) in [6.07, 6.45) is -5.49. The van der Waals surface area contributed by atoms with Crippen molar-refractivity contribution in [2.24, 2.45) is 0 Å². The number of aliphatic carboxylic acids is 1. The number of hydrogen-bond acceptors (Lipinski definition) is 6. The van der Waals surface area contributed by atoms with Gasteiger partial charge in [0.15, 0.2) is 6.10 Å². The van der Waals surface area contributed by atoms with E-state index in [1.54, 1.807) is 0 Å². The lowest BCUT2D eigenvalue weighted by atomic mass is 9.99. The van der Waals surface area contributed by atoms with Gasteiger partial charge in [0.25, 0.3) is 5.91 Å². The Bertz CT molecular complexity index is 307. The zero-order valence-electron chi connectivity index (χ0n) is 8.45. The van der Waals surface area contributed by atoms with Gasteiger partial charge >= 0.3 is 5.97 Å². The number of carbonyl (C=O) groups is 2. The number of carbonyl (C=O) groups excluding carboxylic acids is 1. The van der Waals surface area contributed by atoms with Crippen molar-refractivity contribution < 1.29 is 34.8 Å². The van der Waals surface area contributed by atoms with E-state index < -0.39 is 42.5 Å². The summed E-state index contributed by atoms with van der Waals surface area (Å²) in [6, 6.07) is 0. The van der Waals surface area contributed by atoms with Gasteiger partial charge in [0, 0.05) is 6.92 Å².